The van der Waals surface area contributed by atoms with Crippen LogP contribution in [0.1, 0.15) is 0 Å². The van der Waals surface area contributed by atoms with E-state index in [4.69, 9.17) is 4.42 Å². The van der Waals surface area contributed by atoms with E-state index < -0.39 is 0 Å². The number of hydrogen-bond donors (Lipinski definition) is 1. The van der Waals surface area contributed by atoms with Crippen molar-refractivity contribution in [1.82, 2.24) is 0 Å². The van der Waals surface area contributed by atoms with Gasteiger partial charge in [-0.05, 0) is 29.0 Å². The fourth-order valence-electron chi connectivity index (χ4n) is 1.47. The van der Waals surface area contributed by atoms with E-state index in [9.17, 15) is 5.11 Å². The average Bonchev–Trinajstić information content (AvgIpc) is 2.70. The van der Waals surface area contributed by atoms with Crippen molar-refractivity contribution in [1.29, 1.82) is 0 Å². The first-order valence-electron chi connectivity index (χ1n) is 3.92. The van der Waals surface area contributed by atoms with E-state index in [-0.39, 0.29) is 5.75 Å². The monoisotopic (exact) mass is 190 g/mol. The summed E-state index contributed by atoms with van der Waals surface area (Å²) in [6, 6.07) is 5.93. The third-order valence-corrected chi connectivity index (χ3v) is 3.01. The Kier molecular flexibility index (Phi) is 1.21. The van der Waals surface area contributed by atoms with Crippen LogP contribution in [-0.2, 0) is 0 Å². The molecule has 0 aliphatic rings. The summed E-state index contributed by atoms with van der Waals surface area (Å²) in [5.41, 5.74) is 0.743. The van der Waals surface area contributed by atoms with Crippen LogP contribution in [0, 0.1) is 0 Å². The first-order chi connectivity index (χ1) is 6.34. The Balaban J connectivity index is 2.59. The van der Waals surface area contributed by atoms with Crippen LogP contribution in [0.5, 0.6) is 5.75 Å². The van der Waals surface area contributed by atoms with Crippen LogP contribution in [0.25, 0.3) is 21.1 Å². The van der Waals surface area contributed by atoms with E-state index in [2.05, 4.69) is 0 Å². The molecule has 2 aromatic heterocycles. The molecular weight excluding hydrogens is 184 g/mol. The Bertz CT molecular complexity index is 577. The normalized spacial score (nSPS) is 11.4. The maximum atomic E-state index is 9.42. The first-order valence-corrected chi connectivity index (χ1v) is 4.80. The van der Waals surface area contributed by atoms with Crippen LogP contribution in [0.15, 0.2) is 34.3 Å². The number of rotatable bonds is 0. The van der Waals surface area contributed by atoms with Crippen molar-refractivity contribution < 1.29 is 9.52 Å². The molecule has 0 bridgehead atoms. The van der Waals surface area contributed by atoms with Gasteiger partial charge in [0.2, 0.25) is 0 Å². The summed E-state index contributed by atoms with van der Waals surface area (Å²) in [6.45, 7) is 0. The Morgan fingerprint density at radius 3 is 3.15 bits per heavy atom. The molecule has 0 atom stereocenters. The maximum absolute atomic E-state index is 9.42. The van der Waals surface area contributed by atoms with Gasteiger partial charge in [-0.1, -0.05) is 0 Å². The molecule has 0 radical (unpaired) electrons. The highest BCUT2D eigenvalue weighted by Gasteiger charge is 2.05. The smallest absolute Gasteiger partial charge is 0.161 e. The number of hydrogen-bond acceptors (Lipinski definition) is 3. The van der Waals surface area contributed by atoms with Crippen LogP contribution in [-0.4, -0.2) is 5.11 Å². The van der Waals surface area contributed by atoms with Gasteiger partial charge < -0.3 is 9.52 Å². The van der Waals surface area contributed by atoms with Gasteiger partial charge in [-0.3, -0.25) is 0 Å². The summed E-state index contributed by atoms with van der Waals surface area (Å²) in [7, 11) is 0. The van der Waals surface area contributed by atoms with Crippen molar-refractivity contribution in [3.63, 3.8) is 0 Å². The van der Waals surface area contributed by atoms with Crippen molar-refractivity contribution in [2.75, 3.05) is 0 Å². The van der Waals surface area contributed by atoms with Crippen molar-refractivity contribution in [3.05, 3.63) is 29.8 Å². The molecule has 0 saturated heterocycles. The average molecular weight is 190 g/mol. The molecule has 3 aromatic rings. The van der Waals surface area contributed by atoms with Crippen molar-refractivity contribution in [3.8, 4) is 5.75 Å². The minimum absolute atomic E-state index is 0.211. The van der Waals surface area contributed by atoms with Crippen LogP contribution >= 0.6 is 11.3 Å². The van der Waals surface area contributed by atoms with Crippen molar-refractivity contribution in [2.24, 2.45) is 0 Å². The van der Waals surface area contributed by atoms with E-state index in [1.54, 1.807) is 11.3 Å². The molecule has 3 rings (SSSR count). The third kappa shape index (κ3) is 0.876. The fourth-order valence-corrected chi connectivity index (χ4v) is 2.27. The molecular formula is C10H6O2S. The van der Waals surface area contributed by atoms with Crippen molar-refractivity contribution >= 4 is 32.4 Å². The van der Waals surface area contributed by atoms with Crippen molar-refractivity contribution in [2.45, 2.75) is 0 Å². The van der Waals surface area contributed by atoms with Crippen LogP contribution in [0.3, 0.4) is 0 Å². The summed E-state index contributed by atoms with van der Waals surface area (Å²) in [6.07, 6.45) is 1.37. The molecule has 0 amide bonds. The molecule has 3 heteroatoms. The fraction of sp³-hybridized carbons (Fsp3) is 0. The zero-order valence-corrected chi connectivity index (χ0v) is 7.47. The minimum Gasteiger partial charge on any atom is -0.504 e. The van der Waals surface area contributed by atoms with Gasteiger partial charge in [0.25, 0.3) is 0 Å². The van der Waals surface area contributed by atoms with Gasteiger partial charge >= 0.3 is 0 Å². The van der Waals surface area contributed by atoms with Gasteiger partial charge in [0.1, 0.15) is 11.8 Å². The molecule has 1 aromatic carbocycles. The van der Waals surface area contributed by atoms with Crippen LogP contribution in [0.2, 0.25) is 0 Å². The molecule has 0 unspecified atom stereocenters. The number of benzene rings is 1. The number of aromatic hydroxyl groups is 1. The van der Waals surface area contributed by atoms with Gasteiger partial charge in [-0.2, -0.15) is 0 Å². The number of fused-ring (bicyclic) bond motifs is 2. The van der Waals surface area contributed by atoms with E-state index in [1.807, 2.05) is 23.6 Å². The lowest BCUT2D eigenvalue weighted by atomic mass is 10.2. The molecule has 13 heavy (non-hydrogen) atoms. The molecule has 0 spiro atoms. The molecule has 0 aliphatic heterocycles. The number of thiophene rings is 1. The molecule has 2 heterocycles. The summed E-state index contributed by atoms with van der Waals surface area (Å²) in [4.78, 5) is 0. The summed E-state index contributed by atoms with van der Waals surface area (Å²) in [5, 5.41) is 13.4. The number of furan rings is 1. The van der Waals surface area contributed by atoms with E-state index in [1.165, 1.54) is 11.0 Å². The van der Waals surface area contributed by atoms with Crippen LogP contribution < -0.4 is 0 Å². The predicted molar refractivity (Wildman–Crippen MR) is 53.3 cm³/mol. The Labute approximate surface area is 78.0 Å². The Hall–Kier alpha value is -1.48. The lowest BCUT2D eigenvalue weighted by Crippen LogP contribution is -1.64. The van der Waals surface area contributed by atoms with Gasteiger partial charge in [0.05, 0.1) is 5.39 Å². The third-order valence-electron chi connectivity index (χ3n) is 2.13. The summed E-state index contributed by atoms with van der Waals surface area (Å²) >= 11 is 1.67. The zero-order chi connectivity index (χ0) is 8.84. The second-order valence-electron chi connectivity index (χ2n) is 2.93. The molecule has 1 N–H and O–H groups in total. The standard InChI is InChI=1S/C10H6O2S/c11-8-5-12-9-4-10-6(1-2-13-10)3-7(8)9/h1-5,11H. The molecule has 0 fully saturated rings. The second-order valence-corrected chi connectivity index (χ2v) is 3.88. The van der Waals surface area contributed by atoms with Crippen LogP contribution in [0.4, 0.5) is 0 Å². The zero-order valence-electron chi connectivity index (χ0n) is 6.65. The highest BCUT2D eigenvalue weighted by Crippen LogP contribution is 2.32. The lowest BCUT2D eigenvalue weighted by molar-refractivity contribution is 0.464. The van der Waals surface area contributed by atoms with Gasteiger partial charge in [0.15, 0.2) is 5.75 Å². The quantitative estimate of drug-likeness (QED) is 0.589. The topological polar surface area (TPSA) is 33.4 Å². The lowest BCUT2D eigenvalue weighted by Gasteiger charge is -1.90. The Morgan fingerprint density at radius 2 is 2.23 bits per heavy atom. The van der Waals surface area contributed by atoms with Gasteiger partial charge in [-0.25, -0.2) is 0 Å². The highest BCUT2D eigenvalue weighted by molar-refractivity contribution is 7.17. The molecule has 2 nitrogen and oxygen atoms in total. The summed E-state index contributed by atoms with van der Waals surface area (Å²) < 4.78 is 6.37. The SMILES string of the molecule is Oc1coc2cc3sccc3cc12. The van der Waals surface area contributed by atoms with Gasteiger partial charge in [-0.15, -0.1) is 11.3 Å². The predicted octanol–water partition coefficient (Wildman–Crippen LogP) is 3.35. The van der Waals surface area contributed by atoms with Gasteiger partial charge in [0, 0.05) is 4.70 Å². The Morgan fingerprint density at radius 1 is 1.31 bits per heavy atom. The van der Waals surface area contributed by atoms with E-state index in [0.29, 0.717) is 0 Å². The molecule has 64 valence electrons. The largest absolute Gasteiger partial charge is 0.504 e. The van der Waals surface area contributed by atoms with E-state index in [0.717, 1.165) is 16.4 Å². The summed E-state index contributed by atoms with van der Waals surface area (Å²) in [5.74, 6) is 0.211. The molecule has 0 aliphatic carbocycles. The molecule has 0 saturated carbocycles. The van der Waals surface area contributed by atoms with E-state index >= 15 is 0 Å². The first kappa shape index (κ1) is 6.97. The highest BCUT2D eigenvalue weighted by atomic mass is 32.1. The second kappa shape index (κ2) is 2.26. The minimum atomic E-state index is 0.211. The maximum Gasteiger partial charge on any atom is 0.161 e.